The van der Waals surface area contributed by atoms with E-state index < -0.39 is 0 Å². The number of halogens is 1. The molecule has 0 aliphatic rings. The first kappa shape index (κ1) is 13.3. The van der Waals surface area contributed by atoms with Crippen molar-refractivity contribution in [2.45, 2.75) is 13.0 Å². The lowest BCUT2D eigenvalue weighted by molar-refractivity contribution is 0.466. The number of nitrogens with one attached hydrogen (secondary N) is 1. The number of aromatic nitrogens is 1. The summed E-state index contributed by atoms with van der Waals surface area (Å²) in [7, 11) is 0. The third-order valence-corrected chi connectivity index (χ3v) is 3.64. The summed E-state index contributed by atoms with van der Waals surface area (Å²) in [4.78, 5) is 4.47. The van der Waals surface area contributed by atoms with Gasteiger partial charge in [-0.15, -0.1) is 0 Å². The van der Waals surface area contributed by atoms with E-state index in [0.29, 0.717) is 0 Å². The molecule has 2 heterocycles. The zero-order chi connectivity index (χ0) is 13.8. The largest absolute Gasteiger partial charge is 0.453 e. The lowest BCUT2D eigenvalue weighted by atomic mass is 10.1. The minimum atomic E-state index is 0.740. The lowest BCUT2D eigenvalue weighted by Crippen LogP contribution is -2.16. The summed E-state index contributed by atoms with van der Waals surface area (Å²) in [6.07, 6.45) is 2.80. The van der Waals surface area contributed by atoms with Crippen molar-refractivity contribution in [3.63, 3.8) is 0 Å². The SMILES string of the molecule is Brc1ccc(CNCCc2cccc3cccnc23)o1. The van der Waals surface area contributed by atoms with Gasteiger partial charge in [0.1, 0.15) is 5.76 Å². The van der Waals surface area contributed by atoms with E-state index >= 15 is 0 Å². The number of pyridine rings is 1. The summed E-state index contributed by atoms with van der Waals surface area (Å²) in [6.45, 7) is 1.64. The predicted octanol–water partition coefficient (Wildman–Crippen LogP) is 3.92. The molecular weight excluding hydrogens is 316 g/mol. The van der Waals surface area contributed by atoms with Crippen LogP contribution in [0.2, 0.25) is 0 Å². The normalized spacial score (nSPS) is 11.1. The number of fused-ring (bicyclic) bond motifs is 1. The van der Waals surface area contributed by atoms with Gasteiger partial charge in [-0.2, -0.15) is 0 Å². The molecule has 3 aromatic rings. The van der Waals surface area contributed by atoms with Crippen LogP contribution < -0.4 is 5.32 Å². The third kappa shape index (κ3) is 3.08. The molecule has 2 aromatic heterocycles. The van der Waals surface area contributed by atoms with E-state index in [1.54, 1.807) is 0 Å². The molecule has 0 spiro atoms. The maximum absolute atomic E-state index is 5.45. The Morgan fingerprint density at radius 3 is 2.85 bits per heavy atom. The zero-order valence-electron chi connectivity index (χ0n) is 11.0. The number of hydrogen-bond acceptors (Lipinski definition) is 3. The highest BCUT2D eigenvalue weighted by molar-refractivity contribution is 9.10. The highest BCUT2D eigenvalue weighted by Crippen LogP contribution is 2.16. The van der Waals surface area contributed by atoms with Crippen LogP contribution in [0.1, 0.15) is 11.3 Å². The molecule has 0 bridgehead atoms. The molecule has 0 aliphatic heterocycles. The molecule has 102 valence electrons. The molecule has 0 fully saturated rings. The summed E-state index contributed by atoms with van der Waals surface area (Å²) in [5, 5.41) is 4.58. The van der Waals surface area contributed by atoms with Crippen LogP contribution in [0.3, 0.4) is 0 Å². The van der Waals surface area contributed by atoms with Gasteiger partial charge >= 0.3 is 0 Å². The van der Waals surface area contributed by atoms with Crippen LogP contribution >= 0.6 is 15.9 Å². The molecule has 1 N–H and O–H groups in total. The Morgan fingerprint density at radius 1 is 1.10 bits per heavy atom. The highest BCUT2D eigenvalue weighted by atomic mass is 79.9. The average molecular weight is 331 g/mol. The fourth-order valence-corrected chi connectivity index (χ4v) is 2.59. The van der Waals surface area contributed by atoms with Crippen LogP contribution in [0.4, 0.5) is 0 Å². The van der Waals surface area contributed by atoms with Crippen LogP contribution in [-0.2, 0) is 13.0 Å². The second-order valence-corrected chi connectivity index (χ2v) is 5.41. The monoisotopic (exact) mass is 330 g/mol. The third-order valence-electron chi connectivity index (χ3n) is 3.22. The first-order chi connectivity index (χ1) is 9.83. The van der Waals surface area contributed by atoms with E-state index in [2.05, 4.69) is 50.5 Å². The number of hydrogen-bond donors (Lipinski definition) is 1. The van der Waals surface area contributed by atoms with E-state index in [0.717, 1.165) is 35.5 Å². The van der Waals surface area contributed by atoms with Gasteiger partial charge < -0.3 is 9.73 Å². The molecule has 0 saturated carbocycles. The fraction of sp³-hybridized carbons (Fsp3) is 0.188. The molecule has 0 aliphatic carbocycles. The summed E-state index contributed by atoms with van der Waals surface area (Å²) in [6, 6.07) is 14.3. The highest BCUT2D eigenvalue weighted by Gasteiger charge is 2.02. The molecule has 3 rings (SSSR count). The van der Waals surface area contributed by atoms with Gasteiger partial charge in [-0.1, -0.05) is 24.3 Å². The topological polar surface area (TPSA) is 38.1 Å². The summed E-state index contributed by atoms with van der Waals surface area (Å²) in [5.41, 5.74) is 2.37. The van der Waals surface area contributed by atoms with Gasteiger partial charge in [0.05, 0.1) is 12.1 Å². The number of benzene rings is 1. The quantitative estimate of drug-likeness (QED) is 0.720. The molecule has 0 saturated heterocycles. The minimum Gasteiger partial charge on any atom is -0.453 e. The first-order valence-electron chi connectivity index (χ1n) is 6.60. The Bertz CT molecular complexity index is 703. The molecule has 3 nitrogen and oxygen atoms in total. The summed E-state index contributed by atoms with van der Waals surface area (Å²) < 4.78 is 6.22. The Labute approximate surface area is 126 Å². The number of rotatable bonds is 5. The van der Waals surface area contributed by atoms with Gasteiger partial charge in [0, 0.05) is 11.6 Å². The van der Waals surface area contributed by atoms with Crippen molar-refractivity contribution < 1.29 is 4.42 Å². The van der Waals surface area contributed by atoms with Crippen molar-refractivity contribution in [2.24, 2.45) is 0 Å². The minimum absolute atomic E-state index is 0.740. The van der Waals surface area contributed by atoms with Gasteiger partial charge in [0.25, 0.3) is 0 Å². The molecule has 1 aromatic carbocycles. The Morgan fingerprint density at radius 2 is 2.00 bits per heavy atom. The maximum Gasteiger partial charge on any atom is 0.169 e. The number of furan rings is 1. The lowest BCUT2D eigenvalue weighted by Gasteiger charge is -2.06. The van der Waals surface area contributed by atoms with Crippen molar-refractivity contribution in [1.29, 1.82) is 0 Å². The van der Waals surface area contributed by atoms with Crippen LogP contribution in [0, 0.1) is 0 Å². The van der Waals surface area contributed by atoms with Gasteiger partial charge in [-0.25, -0.2) is 0 Å². The van der Waals surface area contributed by atoms with E-state index in [1.165, 1.54) is 10.9 Å². The molecule has 4 heteroatoms. The van der Waals surface area contributed by atoms with Gasteiger partial charge in [-0.3, -0.25) is 4.98 Å². The standard InChI is InChI=1S/C16H15BrN2O/c17-15-7-6-14(20-15)11-18-10-8-13-4-1-3-12-5-2-9-19-16(12)13/h1-7,9,18H,8,10-11H2. The van der Waals surface area contributed by atoms with Gasteiger partial charge in [-0.05, 0) is 52.7 Å². The van der Waals surface area contributed by atoms with Crippen molar-refractivity contribution >= 4 is 26.8 Å². The van der Waals surface area contributed by atoms with Crippen LogP contribution in [-0.4, -0.2) is 11.5 Å². The van der Waals surface area contributed by atoms with E-state index in [9.17, 15) is 0 Å². The molecule has 20 heavy (non-hydrogen) atoms. The fourth-order valence-electron chi connectivity index (χ4n) is 2.25. The van der Waals surface area contributed by atoms with Crippen molar-refractivity contribution in [1.82, 2.24) is 10.3 Å². The Kier molecular flexibility index (Phi) is 4.14. The van der Waals surface area contributed by atoms with Crippen molar-refractivity contribution in [3.05, 3.63) is 64.7 Å². The molecule has 0 amide bonds. The van der Waals surface area contributed by atoms with E-state index in [1.807, 2.05) is 24.4 Å². The molecule has 0 unspecified atom stereocenters. The maximum atomic E-state index is 5.45. The average Bonchev–Trinajstić information content (AvgIpc) is 2.89. The predicted molar refractivity (Wildman–Crippen MR) is 83.6 cm³/mol. The van der Waals surface area contributed by atoms with Gasteiger partial charge in [0.2, 0.25) is 0 Å². The van der Waals surface area contributed by atoms with Gasteiger partial charge in [0.15, 0.2) is 4.67 Å². The molecule has 0 atom stereocenters. The number of para-hydroxylation sites is 1. The summed E-state index contributed by atoms with van der Waals surface area (Å²) >= 11 is 3.30. The molecule has 0 radical (unpaired) electrons. The Hall–Kier alpha value is -1.65. The van der Waals surface area contributed by atoms with Crippen LogP contribution in [0.5, 0.6) is 0 Å². The number of nitrogens with zero attached hydrogens (tertiary/aromatic N) is 1. The zero-order valence-corrected chi connectivity index (χ0v) is 12.6. The van der Waals surface area contributed by atoms with Crippen LogP contribution in [0.15, 0.2) is 57.7 Å². The summed E-state index contributed by atoms with van der Waals surface area (Å²) in [5.74, 6) is 0.938. The second kappa shape index (κ2) is 6.20. The van der Waals surface area contributed by atoms with Crippen LogP contribution in [0.25, 0.3) is 10.9 Å². The van der Waals surface area contributed by atoms with Crippen molar-refractivity contribution in [2.75, 3.05) is 6.54 Å². The first-order valence-corrected chi connectivity index (χ1v) is 7.40. The van der Waals surface area contributed by atoms with Crippen molar-refractivity contribution in [3.8, 4) is 0 Å². The smallest absolute Gasteiger partial charge is 0.169 e. The van der Waals surface area contributed by atoms with E-state index in [4.69, 9.17) is 4.42 Å². The van der Waals surface area contributed by atoms with E-state index in [-0.39, 0.29) is 0 Å². The molecular formula is C16H15BrN2O. The Balaban J connectivity index is 1.60. The second-order valence-electron chi connectivity index (χ2n) is 4.62.